The third-order valence-electron chi connectivity index (χ3n) is 2.59. The Hall–Kier alpha value is -2.00. The van der Waals surface area contributed by atoms with E-state index in [-0.39, 0.29) is 5.56 Å². The molecule has 0 bridgehead atoms. The first kappa shape index (κ1) is 12.5. The van der Waals surface area contributed by atoms with Gasteiger partial charge in [0.05, 0.1) is 7.11 Å². The molecule has 3 nitrogen and oxygen atoms in total. The van der Waals surface area contributed by atoms with Crippen molar-refractivity contribution >= 4 is 17.6 Å². The van der Waals surface area contributed by atoms with Gasteiger partial charge in [-0.15, -0.1) is 0 Å². The van der Waals surface area contributed by atoms with Crippen LogP contribution in [0.3, 0.4) is 0 Å². The van der Waals surface area contributed by atoms with Crippen LogP contribution >= 0.6 is 11.6 Å². The molecular formula is C14H11ClO3. The smallest absolute Gasteiger partial charge is 0.339 e. The molecule has 2 rings (SSSR count). The van der Waals surface area contributed by atoms with Crippen molar-refractivity contribution in [2.75, 3.05) is 7.11 Å². The maximum absolute atomic E-state index is 11.1. The van der Waals surface area contributed by atoms with E-state index in [1.807, 2.05) is 12.1 Å². The first-order valence-corrected chi connectivity index (χ1v) is 5.67. The second-order valence-electron chi connectivity index (χ2n) is 3.73. The molecule has 0 atom stereocenters. The summed E-state index contributed by atoms with van der Waals surface area (Å²) in [7, 11) is 1.45. The summed E-state index contributed by atoms with van der Waals surface area (Å²) in [5.74, 6) is -0.677. The van der Waals surface area contributed by atoms with Crippen molar-refractivity contribution in [3.05, 3.63) is 53.1 Å². The number of carboxylic acid groups (broad SMARTS) is 1. The van der Waals surface area contributed by atoms with Crippen LogP contribution in [0, 0.1) is 0 Å². The highest BCUT2D eigenvalue weighted by Crippen LogP contribution is 2.28. The number of methoxy groups -OCH3 is 1. The van der Waals surface area contributed by atoms with Crippen LogP contribution in [0.1, 0.15) is 10.4 Å². The van der Waals surface area contributed by atoms with Crippen LogP contribution in [0.15, 0.2) is 42.5 Å². The summed E-state index contributed by atoms with van der Waals surface area (Å²) in [6, 6.07) is 12.3. The minimum absolute atomic E-state index is 0.134. The van der Waals surface area contributed by atoms with E-state index in [1.165, 1.54) is 7.11 Å². The zero-order valence-corrected chi connectivity index (χ0v) is 10.4. The minimum atomic E-state index is -1.02. The van der Waals surface area contributed by atoms with Crippen LogP contribution in [-0.4, -0.2) is 18.2 Å². The van der Waals surface area contributed by atoms with Gasteiger partial charge >= 0.3 is 5.97 Å². The van der Waals surface area contributed by atoms with Crippen molar-refractivity contribution in [3.63, 3.8) is 0 Å². The fourth-order valence-corrected chi connectivity index (χ4v) is 1.91. The Labute approximate surface area is 110 Å². The van der Waals surface area contributed by atoms with Crippen molar-refractivity contribution in [2.24, 2.45) is 0 Å². The van der Waals surface area contributed by atoms with Crippen molar-refractivity contribution in [2.45, 2.75) is 0 Å². The first-order valence-electron chi connectivity index (χ1n) is 5.29. The summed E-state index contributed by atoms with van der Waals surface area (Å²) in [6.07, 6.45) is 0. The molecule has 0 aliphatic heterocycles. The van der Waals surface area contributed by atoms with Gasteiger partial charge in [-0.1, -0.05) is 29.8 Å². The van der Waals surface area contributed by atoms with Crippen LogP contribution in [-0.2, 0) is 0 Å². The summed E-state index contributed by atoms with van der Waals surface area (Å²) >= 11 is 5.91. The number of hydrogen-bond donors (Lipinski definition) is 1. The third-order valence-corrected chi connectivity index (χ3v) is 2.82. The molecular weight excluding hydrogens is 252 g/mol. The summed E-state index contributed by atoms with van der Waals surface area (Å²) in [5.41, 5.74) is 1.79. The van der Waals surface area contributed by atoms with Crippen molar-refractivity contribution in [1.82, 2.24) is 0 Å². The molecule has 0 unspecified atom stereocenters. The molecule has 2 aromatic carbocycles. The largest absolute Gasteiger partial charge is 0.496 e. The highest BCUT2D eigenvalue weighted by molar-refractivity contribution is 6.30. The van der Waals surface area contributed by atoms with Gasteiger partial charge < -0.3 is 9.84 Å². The van der Waals surface area contributed by atoms with Gasteiger partial charge in [-0.2, -0.15) is 0 Å². The number of benzene rings is 2. The molecule has 0 saturated heterocycles. The lowest BCUT2D eigenvalue weighted by atomic mass is 10.0. The molecule has 0 aliphatic carbocycles. The van der Waals surface area contributed by atoms with Gasteiger partial charge in [0.25, 0.3) is 0 Å². The number of rotatable bonds is 3. The maximum atomic E-state index is 11.1. The molecule has 0 aliphatic rings. The van der Waals surface area contributed by atoms with E-state index in [4.69, 9.17) is 21.4 Å². The van der Waals surface area contributed by atoms with Gasteiger partial charge in [0, 0.05) is 5.02 Å². The number of hydrogen-bond acceptors (Lipinski definition) is 2. The third kappa shape index (κ3) is 2.46. The van der Waals surface area contributed by atoms with Gasteiger partial charge in [0.2, 0.25) is 0 Å². The Kier molecular flexibility index (Phi) is 3.53. The molecule has 0 saturated carbocycles. The molecule has 0 radical (unpaired) electrons. The molecule has 4 heteroatoms. The van der Waals surface area contributed by atoms with Gasteiger partial charge in [-0.05, 0) is 35.4 Å². The van der Waals surface area contributed by atoms with Gasteiger partial charge in [0.15, 0.2) is 0 Å². The number of ether oxygens (including phenoxy) is 1. The molecule has 0 spiro atoms. The lowest BCUT2D eigenvalue weighted by molar-refractivity contribution is 0.0693. The Balaban J connectivity index is 2.53. The fourth-order valence-electron chi connectivity index (χ4n) is 1.72. The zero-order valence-electron chi connectivity index (χ0n) is 9.68. The SMILES string of the molecule is COc1ccc(-c2cccc(Cl)c2)cc1C(=O)O. The number of halogens is 1. The van der Waals surface area contributed by atoms with E-state index >= 15 is 0 Å². The molecule has 0 aromatic heterocycles. The monoisotopic (exact) mass is 262 g/mol. The van der Waals surface area contributed by atoms with Crippen molar-refractivity contribution in [3.8, 4) is 16.9 Å². The Bertz CT molecular complexity index is 593. The Morgan fingerprint density at radius 1 is 1.17 bits per heavy atom. The molecule has 92 valence electrons. The second kappa shape index (κ2) is 5.10. The van der Waals surface area contributed by atoms with Crippen LogP contribution < -0.4 is 4.74 Å². The zero-order chi connectivity index (χ0) is 13.1. The van der Waals surface area contributed by atoms with Crippen molar-refractivity contribution < 1.29 is 14.6 Å². The van der Waals surface area contributed by atoms with Gasteiger partial charge in [-0.25, -0.2) is 4.79 Å². The topological polar surface area (TPSA) is 46.5 Å². The minimum Gasteiger partial charge on any atom is -0.496 e. The quantitative estimate of drug-likeness (QED) is 0.917. The number of carboxylic acids is 1. The summed E-state index contributed by atoms with van der Waals surface area (Å²) in [5, 5.41) is 9.73. The fraction of sp³-hybridized carbons (Fsp3) is 0.0714. The van der Waals surface area contributed by atoms with Crippen molar-refractivity contribution in [1.29, 1.82) is 0 Å². The second-order valence-corrected chi connectivity index (χ2v) is 4.17. The number of carbonyl (C=O) groups is 1. The maximum Gasteiger partial charge on any atom is 0.339 e. The van der Waals surface area contributed by atoms with Crippen LogP contribution in [0.4, 0.5) is 0 Å². The average molecular weight is 263 g/mol. The van der Waals surface area contributed by atoms with Gasteiger partial charge in [-0.3, -0.25) is 0 Å². The molecule has 1 N–H and O–H groups in total. The Morgan fingerprint density at radius 3 is 2.50 bits per heavy atom. The van der Waals surface area contributed by atoms with E-state index in [1.54, 1.807) is 30.3 Å². The van der Waals surface area contributed by atoms with Crippen LogP contribution in [0.2, 0.25) is 5.02 Å². The summed E-state index contributed by atoms with van der Waals surface area (Å²) in [4.78, 5) is 11.1. The standard InChI is InChI=1S/C14H11ClO3/c1-18-13-6-5-10(8-12(13)14(16)17)9-3-2-4-11(15)7-9/h2-8H,1H3,(H,16,17). The van der Waals surface area contributed by atoms with Gasteiger partial charge in [0.1, 0.15) is 11.3 Å². The Morgan fingerprint density at radius 2 is 1.89 bits per heavy atom. The van der Waals surface area contributed by atoms with E-state index < -0.39 is 5.97 Å². The predicted octanol–water partition coefficient (Wildman–Crippen LogP) is 3.71. The first-order chi connectivity index (χ1) is 8.61. The van der Waals surface area contributed by atoms with E-state index in [0.29, 0.717) is 10.8 Å². The van der Waals surface area contributed by atoms with E-state index in [0.717, 1.165) is 11.1 Å². The highest BCUT2D eigenvalue weighted by Gasteiger charge is 2.12. The molecule has 2 aromatic rings. The lowest BCUT2D eigenvalue weighted by Crippen LogP contribution is -2.00. The van der Waals surface area contributed by atoms with E-state index in [9.17, 15) is 4.79 Å². The molecule has 0 fully saturated rings. The van der Waals surface area contributed by atoms with Crippen LogP contribution in [0.5, 0.6) is 5.75 Å². The summed E-state index contributed by atoms with van der Waals surface area (Å²) in [6.45, 7) is 0. The average Bonchev–Trinajstić information content (AvgIpc) is 2.38. The predicted molar refractivity (Wildman–Crippen MR) is 70.4 cm³/mol. The van der Waals surface area contributed by atoms with Crippen LogP contribution in [0.25, 0.3) is 11.1 Å². The normalized spacial score (nSPS) is 10.1. The molecule has 18 heavy (non-hydrogen) atoms. The molecule has 0 amide bonds. The summed E-state index contributed by atoms with van der Waals surface area (Å²) < 4.78 is 5.01. The lowest BCUT2D eigenvalue weighted by Gasteiger charge is -2.08. The highest BCUT2D eigenvalue weighted by atomic mass is 35.5. The number of aromatic carboxylic acids is 1. The van der Waals surface area contributed by atoms with E-state index in [2.05, 4.69) is 0 Å². The molecule has 0 heterocycles.